The molecule has 5 aliphatic rings. The minimum absolute atomic E-state index is 0. The molecule has 1 aromatic rings. The molecule has 228 valence electrons. The molecule has 2 saturated carbocycles. The van der Waals surface area contributed by atoms with E-state index in [0.29, 0.717) is 44.1 Å². The lowest BCUT2D eigenvalue weighted by Gasteiger charge is -2.46. The molecule has 2 saturated heterocycles. The molecule has 4 fully saturated rings. The molecule has 0 spiro atoms. The van der Waals surface area contributed by atoms with Gasteiger partial charge in [0.15, 0.2) is 0 Å². The molecular formula is C30H45Cl2N5O4. The number of benzene rings is 1. The molecular weight excluding hydrogens is 565 g/mol. The molecule has 2 aliphatic carbocycles. The highest BCUT2D eigenvalue weighted by Gasteiger charge is 2.56. The molecule has 0 unspecified atom stereocenters. The van der Waals surface area contributed by atoms with Crippen LogP contribution in [0.1, 0.15) is 69.9 Å². The van der Waals surface area contributed by atoms with Crippen molar-refractivity contribution in [3.05, 3.63) is 29.8 Å². The van der Waals surface area contributed by atoms with Gasteiger partial charge >= 0.3 is 0 Å². The van der Waals surface area contributed by atoms with E-state index in [2.05, 4.69) is 20.9 Å². The van der Waals surface area contributed by atoms with Crippen LogP contribution in [0.4, 0.5) is 0 Å². The molecule has 7 atom stereocenters. The first-order chi connectivity index (χ1) is 18.9. The van der Waals surface area contributed by atoms with E-state index < -0.39 is 18.1 Å². The Morgan fingerprint density at radius 2 is 1.76 bits per heavy atom. The van der Waals surface area contributed by atoms with Crippen molar-refractivity contribution in [3.8, 4) is 5.75 Å². The molecule has 6 rings (SSSR count). The Balaban J connectivity index is 0.00000194. The Morgan fingerprint density at radius 1 is 1.00 bits per heavy atom. The quantitative estimate of drug-likeness (QED) is 0.439. The number of rotatable bonds is 7. The van der Waals surface area contributed by atoms with E-state index in [0.717, 1.165) is 43.4 Å². The summed E-state index contributed by atoms with van der Waals surface area (Å²) in [5.74, 6) is 1.24. The van der Waals surface area contributed by atoms with Gasteiger partial charge in [0.1, 0.15) is 17.8 Å². The summed E-state index contributed by atoms with van der Waals surface area (Å²) in [7, 11) is 1.75. The first kappa shape index (κ1) is 31.9. The van der Waals surface area contributed by atoms with Gasteiger partial charge in [0, 0.05) is 37.2 Å². The highest BCUT2D eigenvalue weighted by molar-refractivity contribution is 5.93. The normalized spacial score (nSPS) is 30.1. The number of nitrogens with zero attached hydrogens (tertiary/aromatic N) is 2. The molecule has 3 aliphatic heterocycles. The molecule has 3 heterocycles. The van der Waals surface area contributed by atoms with Crippen LogP contribution in [0.3, 0.4) is 0 Å². The highest BCUT2D eigenvalue weighted by atomic mass is 35.5. The highest BCUT2D eigenvalue weighted by Crippen LogP contribution is 2.49. The van der Waals surface area contributed by atoms with Crippen LogP contribution in [-0.2, 0) is 14.4 Å². The summed E-state index contributed by atoms with van der Waals surface area (Å²) >= 11 is 0. The van der Waals surface area contributed by atoms with Crippen molar-refractivity contribution in [1.29, 1.82) is 0 Å². The van der Waals surface area contributed by atoms with Crippen molar-refractivity contribution in [1.82, 2.24) is 25.8 Å². The number of ether oxygens (including phenoxy) is 1. The number of piperidine rings is 1. The Labute approximate surface area is 255 Å². The van der Waals surface area contributed by atoms with Crippen molar-refractivity contribution in [3.63, 3.8) is 0 Å². The fourth-order valence-corrected chi connectivity index (χ4v) is 7.43. The molecule has 1 aromatic carbocycles. The third-order valence-corrected chi connectivity index (χ3v) is 9.89. The molecule has 11 heteroatoms. The Hall–Kier alpha value is -2.07. The number of carbonyl (C=O) groups excluding carboxylic acids is 3. The number of amides is 3. The molecule has 41 heavy (non-hydrogen) atoms. The molecule has 9 nitrogen and oxygen atoms in total. The summed E-state index contributed by atoms with van der Waals surface area (Å²) in [4.78, 5) is 45.7. The maximum absolute atomic E-state index is 14.4. The van der Waals surface area contributed by atoms with Crippen LogP contribution >= 0.6 is 24.8 Å². The largest absolute Gasteiger partial charge is 0.493 e. The fraction of sp³-hybridized carbons (Fsp3) is 0.700. The third-order valence-electron chi connectivity index (χ3n) is 9.89. The number of fused-ring (bicyclic) bond motifs is 4. The fourth-order valence-electron chi connectivity index (χ4n) is 7.43. The molecule has 3 amide bonds. The standard InChI is InChI=1S/C30H43N5O4.2ClH/c1-18(31-2)28(36)33-27(19-8-4-3-5-9-19)30(38)35-16-21-14-20-15-24(20)34(21)17-25(35)29(37)32-23-12-13-39-26-11-7-6-10-22(23)26;;/h6-7,10-11,18-21,23-25,27,31H,3-5,8-9,12-17H2,1-2H3,(H,32,37)(H,33,36);2*1H/t18-,20+,21-,23+,24-,25-,27-;;/m0../s1. The van der Waals surface area contributed by atoms with Crippen LogP contribution < -0.4 is 20.7 Å². The second kappa shape index (κ2) is 13.5. The molecule has 3 N–H and O–H groups in total. The van der Waals surface area contributed by atoms with E-state index in [1.807, 2.05) is 36.1 Å². The van der Waals surface area contributed by atoms with E-state index in [1.165, 1.54) is 12.8 Å². The average Bonchev–Trinajstić information content (AvgIpc) is 3.65. The number of hydrogen-bond acceptors (Lipinski definition) is 6. The SMILES string of the molecule is CN[C@@H](C)C(=O)N[C@H](C(=O)N1C[C@@H]2C[C@@H]3C[C@@H]3N2C[C@H]1C(=O)N[C@@H]1CCOc2ccccc21)C1CCCCC1.Cl.Cl. The number of piperazine rings is 1. The summed E-state index contributed by atoms with van der Waals surface area (Å²) in [5.41, 5.74) is 0.987. The number of nitrogens with one attached hydrogen (secondary N) is 3. The monoisotopic (exact) mass is 609 g/mol. The lowest BCUT2D eigenvalue weighted by molar-refractivity contribution is -0.150. The maximum atomic E-state index is 14.4. The summed E-state index contributed by atoms with van der Waals surface area (Å²) in [6.45, 7) is 3.47. The predicted octanol–water partition coefficient (Wildman–Crippen LogP) is 2.82. The topological polar surface area (TPSA) is 103 Å². The Kier molecular flexibility index (Phi) is 10.5. The summed E-state index contributed by atoms with van der Waals surface area (Å²) < 4.78 is 5.81. The van der Waals surface area contributed by atoms with Gasteiger partial charge in [-0.15, -0.1) is 24.8 Å². The van der Waals surface area contributed by atoms with E-state index in [4.69, 9.17) is 4.74 Å². The van der Waals surface area contributed by atoms with Crippen molar-refractivity contribution < 1.29 is 19.1 Å². The van der Waals surface area contributed by atoms with Gasteiger partial charge in [-0.2, -0.15) is 0 Å². The number of carbonyl (C=O) groups is 3. The third kappa shape index (κ3) is 6.48. The maximum Gasteiger partial charge on any atom is 0.246 e. The van der Waals surface area contributed by atoms with Gasteiger partial charge in [-0.1, -0.05) is 37.5 Å². The summed E-state index contributed by atoms with van der Waals surface area (Å²) in [6.07, 6.45) is 8.14. The first-order valence-electron chi connectivity index (χ1n) is 15.0. The summed E-state index contributed by atoms with van der Waals surface area (Å²) in [6, 6.07) is 6.99. The molecule has 0 aromatic heterocycles. The van der Waals surface area contributed by atoms with Crippen LogP contribution in [0.2, 0.25) is 0 Å². The van der Waals surface area contributed by atoms with Gasteiger partial charge < -0.3 is 25.6 Å². The smallest absolute Gasteiger partial charge is 0.246 e. The lowest BCUT2D eigenvalue weighted by Crippen LogP contribution is -2.67. The van der Waals surface area contributed by atoms with E-state index in [9.17, 15) is 14.4 Å². The van der Waals surface area contributed by atoms with E-state index in [1.54, 1.807) is 7.05 Å². The zero-order chi connectivity index (χ0) is 27.1. The second-order valence-corrected chi connectivity index (χ2v) is 12.3. The van der Waals surface area contributed by atoms with Gasteiger partial charge in [0.05, 0.1) is 18.7 Å². The van der Waals surface area contributed by atoms with Crippen LogP contribution in [0.25, 0.3) is 0 Å². The Bertz CT molecular complexity index is 1100. The zero-order valence-corrected chi connectivity index (χ0v) is 25.7. The lowest BCUT2D eigenvalue weighted by atomic mass is 9.82. The first-order valence-corrected chi connectivity index (χ1v) is 15.0. The molecule has 0 radical (unpaired) electrons. The number of hydrogen-bond donors (Lipinski definition) is 3. The average molecular weight is 611 g/mol. The van der Waals surface area contributed by atoms with Gasteiger partial charge in [0.2, 0.25) is 17.7 Å². The van der Waals surface area contributed by atoms with Crippen LogP contribution in [0.5, 0.6) is 5.75 Å². The number of para-hydroxylation sites is 1. The van der Waals surface area contributed by atoms with Gasteiger partial charge in [0.25, 0.3) is 0 Å². The molecule has 0 bridgehead atoms. The summed E-state index contributed by atoms with van der Waals surface area (Å²) in [5, 5.41) is 9.39. The zero-order valence-electron chi connectivity index (χ0n) is 24.1. The Morgan fingerprint density at radius 3 is 2.51 bits per heavy atom. The van der Waals surface area contributed by atoms with Crippen LogP contribution in [0, 0.1) is 11.8 Å². The van der Waals surface area contributed by atoms with Crippen molar-refractivity contribution in [2.24, 2.45) is 11.8 Å². The van der Waals surface area contributed by atoms with Crippen LogP contribution in [0.15, 0.2) is 24.3 Å². The predicted molar refractivity (Wildman–Crippen MR) is 161 cm³/mol. The number of halogens is 2. The minimum atomic E-state index is -0.602. The van der Waals surface area contributed by atoms with Crippen molar-refractivity contribution >= 4 is 42.5 Å². The van der Waals surface area contributed by atoms with Gasteiger partial charge in [-0.25, -0.2) is 0 Å². The van der Waals surface area contributed by atoms with Gasteiger partial charge in [-0.3, -0.25) is 19.3 Å². The van der Waals surface area contributed by atoms with Crippen LogP contribution in [-0.4, -0.2) is 84.5 Å². The van der Waals surface area contributed by atoms with E-state index >= 15 is 0 Å². The minimum Gasteiger partial charge on any atom is -0.493 e. The van der Waals surface area contributed by atoms with Crippen molar-refractivity contribution in [2.45, 2.75) is 94.5 Å². The van der Waals surface area contributed by atoms with Gasteiger partial charge in [-0.05, 0) is 57.6 Å². The van der Waals surface area contributed by atoms with Crippen molar-refractivity contribution in [2.75, 3.05) is 26.7 Å². The second-order valence-electron chi connectivity index (χ2n) is 12.3. The van der Waals surface area contributed by atoms with E-state index in [-0.39, 0.29) is 54.5 Å². The number of likely N-dealkylation sites (N-methyl/N-ethyl adjacent to an activating group) is 1.